The van der Waals surface area contributed by atoms with Crippen molar-refractivity contribution in [3.63, 3.8) is 0 Å². The van der Waals surface area contributed by atoms with E-state index in [0.29, 0.717) is 6.04 Å². The molecule has 0 bridgehead atoms. The highest BCUT2D eigenvalue weighted by molar-refractivity contribution is 5.87. The minimum absolute atomic E-state index is 0.405. The topological polar surface area (TPSA) is 3.24 Å². The van der Waals surface area contributed by atoms with Gasteiger partial charge in [0.1, 0.15) is 0 Å². The maximum Gasteiger partial charge on any atom is 0.0419 e. The van der Waals surface area contributed by atoms with Crippen LogP contribution in [-0.2, 0) is 0 Å². The minimum atomic E-state index is 0.405. The van der Waals surface area contributed by atoms with Crippen LogP contribution in [-0.4, -0.2) is 6.04 Å². The van der Waals surface area contributed by atoms with Gasteiger partial charge in [0.25, 0.3) is 0 Å². The fraction of sp³-hybridized carbons (Fsp3) is 0.238. The highest BCUT2D eigenvalue weighted by atomic mass is 15.2. The molecule has 3 aromatic rings. The van der Waals surface area contributed by atoms with E-state index in [4.69, 9.17) is 0 Å². The predicted octanol–water partition coefficient (Wildman–Crippen LogP) is 6.00. The molecule has 0 aliphatic heterocycles. The van der Waals surface area contributed by atoms with Crippen molar-refractivity contribution in [3.05, 3.63) is 71.8 Å². The number of fused-ring (bicyclic) bond motifs is 1. The number of hydrogen-bond acceptors (Lipinski definition) is 1. The van der Waals surface area contributed by atoms with Crippen LogP contribution in [0.1, 0.15) is 25.0 Å². The number of rotatable bonds is 3. The first-order valence-electron chi connectivity index (χ1n) is 7.91. The molecule has 0 radical (unpaired) electrons. The SMILES string of the molecule is Cc1cc(C)cc(N(c2ccc3ccccc3c2)C(C)C)c1. The van der Waals surface area contributed by atoms with Gasteiger partial charge in [-0.2, -0.15) is 0 Å². The van der Waals surface area contributed by atoms with Gasteiger partial charge in [-0.05, 0) is 73.9 Å². The normalized spacial score (nSPS) is 11.1. The lowest BCUT2D eigenvalue weighted by Crippen LogP contribution is -2.25. The third-order valence-electron chi connectivity index (χ3n) is 4.01. The van der Waals surface area contributed by atoms with Gasteiger partial charge in [-0.1, -0.05) is 36.4 Å². The molecule has 0 N–H and O–H groups in total. The molecule has 22 heavy (non-hydrogen) atoms. The van der Waals surface area contributed by atoms with E-state index in [2.05, 4.69) is 93.3 Å². The zero-order valence-corrected chi connectivity index (χ0v) is 13.8. The van der Waals surface area contributed by atoms with E-state index in [-0.39, 0.29) is 0 Å². The monoisotopic (exact) mass is 289 g/mol. The van der Waals surface area contributed by atoms with Gasteiger partial charge in [-0.15, -0.1) is 0 Å². The van der Waals surface area contributed by atoms with Crippen molar-refractivity contribution in [2.45, 2.75) is 33.7 Å². The van der Waals surface area contributed by atoms with Crippen LogP contribution < -0.4 is 4.90 Å². The Kier molecular flexibility index (Phi) is 3.89. The summed E-state index contributed by atoms with van der Waals surface area (Å²) in [5, 5.41) is 2.57. The van der Waals surface area contributed by atoms with Gasteiger partial charge in [-0.3, -0.25) is 0 Å². The van der Waals surface area contributed by atoms with Gasteiger partial charge in [0.15, 0.2) is 0 Å². The Morgan fingerprint density at radius 2 is 1.32 bits per heavy atom. The second-order valence-electron chi connectivity index (χ2n) is 6.34. The van der Waals surface area contributed by atoms with Crippen molar-refractivity contribution >= 4 is 22.1 Å². The average molecular weight is 289 g/mol. The fourth-order valence-electron chi connectivity index (χ4n) is 3.16. The lowest BCUT2D eigenvalue weighted by molar-refractivity contribution is 0.788. The van der Waals surface area contributed by atoms with E-state index < -0.39 is 0 Å². The second-order valence-corrected chi connectivity index (χ2v) is 6.34. The average Bonchev–Trinajstić information content (AvgIpc) is 2.46. The third-order valence-corrected chi connectivity index (χ3v) is 4.01. The van der Waals surface area contributed by atoms with Crippen LogP contribution >= 0.6 is 0 Å². The summed E-state index contributed by atoms with van der Waals surface area (Å²) < 4.78 is 0. The first-order chi connectivity index (χ1) is 10.5. The zero-order chi connectivity index (χ0) is 15.7. The molecule has 3 rings (SSSR count). The second kappa shape index (κ2) is 5.84. The van der Waals surface area contributed by atoms with Crippen molar-refractivity contribution < 1.29 is 0 Å². The molecule has 0 saturated carbocycles. The molecular weight excluding hydrogens is 266 g/mol. The highest BCUT2D eigenvalue weighted by Crippen LogP contribution is 2.31. The molecule has 0 aliphatic rings. The van der Waals surface area contributed by atoms with E-state index in [1.807, 2.05) is 0 Å². The van der Waals surface area contributed by atoms with Crippen LogP contribution in [0.4, 0.5) is 11.4 Å². The molecule has 112 valence electrons. The Morgan fingerprint density at radius 3 is 1.95 bits per heavy atom. The summed E-state index contributed by atoms with van der Waals surface area (Å²) in [5.41, 5.74) is 5.13. The van der Waals surface area contributed by atoms with Gasteiger partial charge in [0, 0.05) is 17.4 Å². The standard InChI is InChI=1S/C21H23N/c1-15(2)22(21-12-16(3)11-17(4)13-21)20-10-9-18-7-5-6-8-19(18)14-20/h5-15H,1-4H3. The van der Waals surface area contributed by atoms with E-state index in [1.54, 1.807) is 0 Å². The van der Waals surface area contributed by atoms with Crippen LogP contribution in [0, 0.1) is 13.8 Å². The first-order valence-corrected chi connectivity index (χ1v) is 7.91. The first kappa shape index (κ1) is 14.6. The van der Waals surface area contributed by atoms with Gasteiger partial charge in [0.2, 0.25) is 0 Å². The summed E-state index contributed by atoms with van der Waals surface area (Å²) in [7, 11) is 0. The summed E-state index contributed by atoms with van der Waals surface area (Å²) >= 11 is 0. The Hall–Kier alpha value is -2.28. The summed E-state index contributed by atoms with van der Waals surface area (Å²) in [4.78, 5) is 2.41. The van der Waals surface area contributed by atoms with E-state index >= 15 is 0 Å². The number of nitrogens with zero attached hydrogens (tertiary/aromatic N) is 1. The molecule has 0 fully saturated rings. The zero-order valence-electron chi connectivity index (χ0n) is 13.8. The highest BCUT2D eigenvalue weighted by Gasteiger charge is 2.14. The number of benzene rings is 3. The van der Waals surface area contributed by atoms with Crippen LogP contribution in [0.15, 0.2) is 60.7 Å². The molecule has 0 aromatic heterocycles. The molecule has 0 unspecified atom stereocenters. The summed E-state index contributed by atoms with van der Waals surface area (Å²) in [6.45, 7) is 8.81. The van der Waals surface area contributed by atoms with Crippen molar-refractivity contribution in [2.75, 3.05) is 4.90 Å². The Bertz CT molecular complexity index is 782. The van der Waals surface area contributed by atoms with Gasteiger partial charge < -0.3 is 4.90 Å². The van der Waals surface area contributed by atoms with E-state index in [9.17, 15) is 0 Å². The van der Waals surface area contributed by atoms with Gasteiger partial charge >= 0.3 is 0 Å². The fourth-order valence-corrected chi connectivity index (χ4v) is 3.16. The smallest absolute Gasteiger partial charge is 0.0419 e. The molecular formula is C21H23N. The molecule has 0 aliphatic carbocycles. The molecule has 1 nitrogen and oxygen atoms in total. The van der Waals surface area contributed by atoms with Crippen LogP contribution in [0.3, 0.4) is 0 Å². The molecule has 0 amide bonds. The van der Waals surface area contributed by atoms with Crippen LogP contribution in [0.25, 0.3) is 10.8 Å². The maximum atomic E-state index is 2.41. The molecule has 3 aromatic carbocycles. The number of aryl methyl sites for hydroxylation is 2. The van der Waals surface area contributed by atoms with Crippen LogP contribution in [0.2, 0.25) is 0 Å². The summed E-state index contributed by atoms with van der Waals surface area (Å²) in [6, 6.07) is 22.4. The number of hydrogen-bond donors (Lipinski definition) is 0. The molecule has 1 heteroatoms. The lowest BCUT2D eigenvalue weighted by Gasteiger charge is -2.30. The molecule has 0 atom stereocenters. The minimum Gasteiger partial charge on any atom is -0.339 e. The number of anilines is 2. The summed E-state index contributed by atoms with van der Waals surface area (Å²) in [6.07, 6.45) is 0. The Morgan fingerprint density at radius 1 is 0.682 bits per heavy atom. The van der Waals surface area contributed by atoms with Gasteiger partial charge in [-0.25, -0.2) is 0 Å². The van der Waals surface area contributed by atoms with E-state index in [0.717, 1.165) is 0 Å². The summed E-state index contributed by atoms with van der Waals surface area (Å²) in [5.74, 6) is 0. The quantitative estimate of drug-likeness (QED) is 0.571. The molecule has 0 spiro atoms. The lowest BCUT2D eigenvalue weighted by atomic mass is 10.1. The maximum absolute atomic E-state index is 2.41. The Balaban J connectivity index is 2.13. The van der Waals surface area contributed by atoms with Crippen molar-refractivity contribution in [1.29, 1.82) is 0 Å². The van der Waals surface area contributed by atoms with Crippen molar-refractivity contribution in [3.8, 4) is 0 Å². The van der Waals surface area contributed by atoms with E-state index in [1.165, 1.54) is 33.3 Å². The van der Waals surface area contributed by atoms with Gasteiger partial charge in [0.05, 0.1) is 0 Å². The molecule has 0 heterocycles. The Labute approximate surface area is 133 Å². The largest absolute Gasteiger partial charge is 0.339 e. The molecule has 0 saturated heterocycles. The van der Waals surface area contributed by atoms with Crippen molar-refractivity contribution in [2.24, 2.45) is 0 Å². The van der Waals surface area contributed by atoms with Crippen LogP contribution in [0.5, 0.6) is 0 Å². The predicted molar refractivity (Wildman–Crippen MR) is 97.1 cm³/mol. The van der Waals surface area contributed by atoms with Crippen molar-refractivity contribution in [1.82, 2.24) is 0 Å². The third kappa shape index (κ3) is 2.85.